The van der Waals surface area contributed by atoms with Crippen molar-refractivity contribution in [1.29, 1.82) is 0 Å². The van der Waals surface area contributed by atoms with Crippen molar-refractivity contribution in [3.63, 3.8) is 0 Å². The van der Waals surface area contributed by atoms with Crippen LogP contribution in [0.2, 0.25) is 0 Å². The number of halogens is 2. The molecule has 0 spiro atoms. The molecule has 0 N–H and O–H groups in total. The fourth-order valence-electron chi connectivity index (χ4n) is 2.85. The summed E-state index contributed by atoms with van der Waals surface area (Å²) < 4.78 is 26.2. The lowest BCUT2D eigenvalue weighted by molar-refractivity contribution is 0.0455. The summed E-state index contributed by atoms with van der Waals surface area (Å²) in [6.45, 7) is 0.452. The van der Waals surface area contributed by atoms with Crippen LogP contribution in [0.15, 0.2) is 41.4 Å². The number of rotatable bonds is 4. The van der Waals surface area contributed by atoms with Crippen LogP contribution in [-0.2, 0) is 0 Å². The van der Waals surface area contributed by atoms with Crippen molar-refractivity contribution >= 4 is 17.7 Å². The molecule has 1 fully saturated rings. The maximum Gasteiger partial charge on any atom is 0.333 e. The van der Waals surface area contributed by atoms with E-state index in [9.17, 15) is 13.6 Å². The fraction of sp³-hybridized carbons (Fsp3) is 0.412. The molecule has 4 nitrogen and oxygen atoms in total. The number of carbonyl (C=O) groups excluding carboxylic acids is 1. The number of alkyl halides is 2. The first-order valence-electron chi connectivity index (χ1n) is 7.89. The van der Waals surface area contributed by atoms with Crippen molar-refractivity contribution in [1.82, 2.24) is 14.7 Å². The van der Waals surface area contributed by atoms with Crippen molar-refractivity contribution in [3.8, 4) is 0 Å². The number of hydrogen-bond acceptors (Lipinski definition) is 3. The van der Waals surface area contributed by atoms with Gasteiger partial charge < -0.3 is 4.90 Å². The quantitative estimate of drug-likeness (QED) is 0.836. The van der Waals surface area contributed by atoms with Gasteiger partial charge in [-0.25, -0.2) is 0 Å². The van der Waals surface area contributed by atoms with Gasteiger partial charge in [0.25, 0.3) is 5.91 Å². The number of amides is 1. The molecule has 0 saturated carbocycles. The molecule has 1 aromatic carbocycles. The van der Waals surface area contributed by atoms with Gasteiger partial charge in [0.05, 0.1) is 0 Å². The third-order valence-corrected chi connectivity index (χ3v) is 5.71. The van der Waals surface area contributed by atoms with E-state index in [0.717, 1.165) is 12.8 Å². The Bertz CT molecular complexity index is 711. The third kappa shape index (κ3) is 3.61. The van der Waals surface area contributed by atoms with E-state index in [1.54, 1.807) is 4.90 Å². The average molecular weight is 351 g/mol. The normalized spacial score (nSPS) is 15.9. The monoisotopic (exact) mass is 351 g/mol. The van der Waals surface area contributed by atoms with E-state index >= 15 is 0 Å². The highest BCUT2D eigenvalue weighted by atomic mass is 32.2. The fourth-order valence-corrected chi connectivity index (χ4v) is 4.06. The molecule has 0 aliphatic carbocycles. The summed E-state index contributed by atoms with van der Waals surface area (Å²) in [6.07, 6.45) is 2.95. The molecule has 2 heterocycles. The Kier molecular flexibility index (Phi) is 5.18. The van der Waals surface area contributed by atoms with Crippen molar-refractivity contribution < 1.29 is 13.6 Å². The van der Waals surface area contributed by atoms with Gasteiger partial charge in [-0.1, -0.05) is 18.2 Å². The summed E-state index contributed by atoms with van der Waals surface area (Å²) in [5.74, 6) is -0.368. The van der Waals surface area contributed by atoms with Gasteiger partial charge in [-0.15, -0.1) is 11.8 Å². The van der Waals surface area contributed by atoms with E-state index < -0.39 is 6.55 Å². The Morgan fingerprint density at radius 2 is 1.96 bits per heavy atom. The minimum Gasteiger partial charge on any atom is -0.337 e. The van der Waals surface area contributed by atoms with Gasteiger partial charge in [0.2, 0.25) is 0 Å². The number of nitrogens with zero attached hydrogens (tertiary/aromatic N) is 3. The zero-order chi connectivity index (χ0) is 17.1. The Balaban J connectivity index is 1.60. The van der Waals surface area contributed by atoms with Crippen LogP contribution >= 0.6 is 11.8 Å². The van der Waals surface area contributed by atoms with Gasteiger partial charge in [-0.3, -0.25) is 4.79 Å². The molecule has 0 bridgehead atoms. The van der Waals surface area contributed by atoms with Crippen LogP contribution in [0.5, 0.6) is 0 Å². The first kappa shape index (κ1) is 17.0. The first-order valence-corrected chi connectivity index (χ1v) is 8.77. The predicted octanol–water partition coefficient (Wildman–Crippen LogP) is 3.98. The van der Waals surface area contributed by atoms with Crippen molar-refractivity contribution in [2.75, 3.05) is 13.1 Å². The zero-order valence-electron chi connectivity index (χ0n) is 13.4. The molecule has 7 heteroatoms. The van der Waals surface area contributed by atoms with E-state index in [2.05, 4.69) is 24.2 Å². The number of benzene rings is 1. The van der Waals surface area contributed by atoms with E-state index in [0.29, 0.717) is 23.0 Å². The number of hydrogen-bond donors (Lipinski definition) is 0. The molecule has 0 radical (unpaired) electrons. The van der Waals surface area contributed by atoms with Crippen LogP contribution < -0.4 is 0 Å². The van der Waals surface area contributed by atoms with Gasteiger partial charge >= 0.3 is 6.55 Å². The Morgan fingerprint density at radius 1 is 1.25 bits per heavy atom. The molecular formula is C17H19F2N3OS. The van der Waals surface area contributed by atoms with Gasteiger partial charge in [0.1, 0.15) is 5.69 Å². The second-order valence-electron chi connectivity index (χ2n) is 5.81. The second kappa shape index (κ2) is 7.34. The summed E-state index contributed by atoms with van der Waals surface area (Å²) >= 11 is 1.83. The zero-order valence-corrected chi connectivity index (χ0v) is 14.2. The summed E-state index contributed by atoms with van der Waals surface area (Å²) in [7, 11) is 0. The predicted molar refractivity (Wildman–Crippen MR) is 89.4 cm³/mol. The number of carbonyl (C=O) groups is 1. The maximum atomic E-state index is 12.9. The van der Waals surface area contributed by atoms with Gasteiger partial charge in [-0.05, 0) is 37.5 Å². The van der Waals surface area contributed by atoms with Crippen LogP contribution in [0.4, 0.5) is 8.78 Å². The summed E-state index contributed by atoms with van der Waals surface area (Å²) in [5.41, 5.74) is 1.21. The van der Waals surface area contributed by atoms with Crippen LogP contribution in [0, 0.1) is 6.92 Å². The SMILES string of the molecule is Cc1ccccc1SC1CCN(C(=O)c2ccnn2C(F)F)CC1. The average Bonchev–Trinajstić information content (AvgIpc) is 3.07. The molecule has 1 amide bonds. The number of aromatic nitrogens is 2. The van der Waals surface area contributed by atoms with Gasteiger partial charge in [0.15, 0.2) is 0 Å². The van der Waals surface area contributed by atoms with Gasteiger partial charge in [-0.2, -0.15) is 18.6 Å². The van der Waals surface area contributed by atoms with Crippen LogP contribution in [0.3, 0.4) is 0 Å². The van der Waals surface area contributed by atoms with Crippen molar-refractivity contribution in [2.24, 2.45) is 0 Å². The summed E-state index contributed by atoms with van der Waals surface area (Å²) in [4.78, 5) is 15.3. The molecule has 1 saturated heterocycles. The number of thioether (sulfide) groups is 1. The second-order valence-corrected chi connectivity index (χ2v) is 7.16. The number of piperidine rings is 1. The minimum atomic E-state index is -2.80. The van der Waals surface area contributed by atoms with Crippen molar-refractivity contribution in [2.45, 2.75) is 36.5 Å². The summed E-state index contributed by atoms with van der Waals surface area (Å²) in [5, 5.41) is 3.97. The smallest absolute Gasteiger partial charge is 0.333 e. The van der Waals surface area contributed by atoms with Crippen LogP contribution in [0.1, 0.15) is 35.4 Å². The van der Waals surface area contributed by atoms with E-state index in [4.69, 9.17) is 0 Å². The maximum absolute atomic E-state index is 12.9. The molecule has 0 atom stereocenters. The molecule has 24 heavy (non-hydrogen) atoms. The van der Waals surface area contributed by atoms with E-state index in [1.807, 2.05) is 23.9 Å². The molecule has 1 aliphatic rings. The molecule has 1 aromatic heterocycles. The summed E-state index contributed by atoms with van der Waals surface area (Å²) in [6, 6.07) is 9.60. The molecule has 0 unspecified atom stereocenters. The lowest BCUT2D eigenvalue weighted by Crippen LogP contribution is -2.40. The topological polar surface area (TPSA) is 38.1 Å². The highest BCUT2D eigenvalue weighted by Gasteiger charge is 2.27. The molecule has 128 valence electrons. The Hall–Kier alpha value is -1.89. The first-order chi connectivity index (χ1) is 11.6. The van der Waals surface area contributed by atoms with Crippen LogP contribution in [-0.4, -0.2) is 38.9 Å². The van der Waals surface area contributed by atoms with Crippen LogP contribution in [0.25, 0.3) is 0 Å². The molecule has 1 aliphatic heterocycles. The standard InChI is InChI=1S/C17H19F2N3OS/c1-12-4-2-3-5-15(12)24-13-7-10-21(11-8-13)16(23)14-6-9-20-22(14)17(18)19/h2-6,9,13,17H,7-8,10-11H2,1H3. The lowest BCUT2D eigenvalue weighted by Gasteiger charge is -2.32. The number of aryl methyl sites for hydroxylation is 1. The van der Waals surface area contributed by atoms with Gasteiger partial charge in [0, 0.05) is 29.4 Å². The number of likely N-dealkylation sites (tertiary alicyclic amines) is 1. The Morgan fingerprint density at radius 3 is 2.62 bits per heavy atom. The molecular weight excluding hydrogens is 332 g/mol. The van der Waals surface area contributed by atoms with E-state index in [-0.39, 0.29) is 11.6 Å². The minimum absolute atomic E-state index is 0.0463. The third-order valence-electron chi connectivity index (χ3n) is 4.19. The largest absolute Gasteiger partial charge is 0.337 e. The lowest BCUT2D eigenvalue weighted by atomic mass is 10.1. The highest BCUT2D eigenvalue weighted by molar-refractivity contribution is 8.00. The molecule has 3 rings (SSSR count). The highest BCUT2D eigenvalue weighted by Crippen LogP contribution is 2.32. The van der Waals surface area contributed by atoms with E-state index in [1.165, 1.54) is 22.7 Å². The van der Waals surface area contributed by atoms with Crippen molar-refractivity contribution in [3.05, 3.63) is 47.8 Å². The Labute approximate surface area is 143 Å². The molecule has 2 aromatic rings.